The number of β-amino-alcohol motifs (C(OH)–C–C–N with tert-alkyl or cyclic N) is 1. The number of benzene rings is 1. The highest BCUT2D eigenvalue weighted by Crippen LogP contribution is 2.15. The van der Waals surface area contributed by atoms with Crippen LogP contribution in [0.1, 0.15) is 18.4 Å². The molecule has 0 spiro atoms. The quantitative estimate of drug-likeness (QED) is 0.843. The van der Waals surface area contributed by atoms with Crippen molar-refractivity contribution in [1.82, 2.24) is 4.90 Å². The van der Waals surface area contributed by atoms with Crippen molar-refractivity contribution in [3.63, 3.8) is 0 Å². The number of aliphatic hydroxyl groups excluding tert-OH is 1. The molecule has 1 aromatic carbocycles. The molecule has 0 bridgehead atoms. The highest BCUT2D eigenvalue weighted by molar-refractivity contribution is 5.76. The predicted molar refractivity (Wildman–Crippen MR) is 76.5 cm³/mol. The number of nitrogens with zero attached hydrogens (tertiary/aromatic N) is 1. The van der Waals surface area contributed by atoms with Gasteiger partial charge in [-0.05, 0) is 30.5 Å². The van der Waals surface area contributed by atoms with E-state index < -0.39 is 6.10 Å². The lowest BCUT2D eigenvalue weighted by Crippen LogP contribution is -2.52. The van der Waals surface area contributed by atoms with Crippen molar-refractivity contribution in [2.45, 2.75) is 31.4 Å². The summed E-state index contributed by atoms with van der Waals surface area (Å²) in [7, 11) is 1.63. The molecule has 0 radical (unpaired) electrons. The molecule has 1 heterocycles. The lowest BCUT2D eigenvalue weighted by Gasteiger charge is -2.34. The van der Waals surface area contributed by atoms with Gasteiger partial charge in [0.25, 0.3) is 0 Å². The molecular weight excluding hydrogens is 256 g/mol. The molecule has 1 saturated heterocycles. The number of rotatable bonds is 4. The number of piperidine rings is 1. The van der Waals surface area contributed by atoms with Gasteiger partial charge in [-0.2, -0.15) is 0 Å². The van der Waals surface area contributed by atoms with Gasteiger partial charge in [-0.3, -0.25) is 4.79 Å². The lowest BCUT2D eigenvalue weighted by atomic mass is 10.0. The second-order valence-corrected chi connectivity index (χ2v) is 5.21. The summed E-state index contributed by atoms with van der Waals surface area (Å²) >= 11 is 0. The van der Waals surface area contributed by atoms with Gasteiger partial charge in [-0.1, -0.05) is 12.1 Å². The summed E-state index contributed by atoms with van der Waals surface area (Å²) in [5, 5.41) is 9.72. The summed E-state index contributed by atoms with van der Waals surface area (Å²) < 4.78 is 5.16. The van der Waals surface area contributed by atoms with Crippen LogP contribution in [-0.2, 0) is 11.2 Å². The standard InChI is InChI=1S/C15H22N2O3/c1-20-12-4-2-3-11(9-12)5-6-15(19)17-8-7-13(16)14(18)10-17/h2-4,9,13-14,18H,5-8,10,16H2,1H3/t13-,14-/m1/s1. The maximum Gasteiger partial charge on any atom is 0.222 e. The number of ether oxygens (including phenoxy) is 1. The van der Waals surface area contributed by atoms with Gasteiger partial charge in [-0.15, -0.1) is 0 Å². The average molecular weight is 278 g/mol. The number of nitrogens with two attached hydrogens (primary N) is 1. The van der Waals surface area contributed by atoms with Crippen LogP contribution >= 0.6 is 0 Å². The Labute approximate surface area is 119 Å². The van der Waals surface area contributed by atoms with E-state index in [1.54, 1.807) is 12.0 Å². The van der Waals surface area contributed by atoms with Gasteiger partial charge in [-0.25, -0.2) is 0 Å². The number of amides is 1. The van der Waals surface area contributed by atoms with E-state index in [0.29, 0.717) is 32.4 Å². The first-order valence-electron chi connectivity index (χ1n) is 6.94. The fourth-order valence-electron chi connectivity index (χ4n) is 2.41. The highest BCUT2D eigenvalue weighted by Gasteiger charge is 2.27. The molecule has 2 rings (SSSR count). The Balaban J connectivity index is 1.85. The van der Waals surface area contributed by atoms with Crippen LogP contribution in [0.4, 0.5) is 0 Å². The van der Waals surface area contributed by atoms with Crippen LogP contribution in [0.3, 0.4) is 0 Å². The molecule has 1 aliphatic heterocycles. The summed E-state index contributed by atoms with van der Waals surface area (Å²) in [5.74, 6) is 0.869. The summed E-state index contributed by atoms with van der Waals surface area (Å²) in [5.41, 5.74) is 6.81. The van der Waals surface area contributed by atoms with Crippen molar-refractivity contribution >= 4 is 5.91 Å². The Morgan fingerprint density at radius 2 is 2.35 bits per heavy atom. The van der Waals surface area contributed by atoms with Gasteiger partial charge in [0.1, 0.15) is 5.75 Å². The first-order valence-corrected chi connectivity index (χ1v) is 6.94. The molecule has 0 unspecified atom stereocenters. The van der Waals surface area contributed by atoms with E-state index in [1.807, 2.05) is 24.3 Å². The second kappa shape index (κ2) is 6.72. The topological polar surface area (TPSA) is 75.8 Å². The summed E-state index contributed by atoms with van der Waals surface area (Å²) in [4.78, 5) is 13.8. The van der Waals surface area contributed by atoms with Crippen LogP contribution in [0.25, 0.3) is 0 Å². The molecule has 5 nitrogen and oxygen atoms in total. The third-order valence-electron chi connectivity index (χ3n) is 3.75. The first-order chi connectivity index (χ1) is 9.60. The van der Waals surface area contributed by atoms with E-state index >= 15 is 0 Å². The van der Waals surface area contributed by atoms with Crippen LogP contribution in [0.2, 0.25) is 0 Å². The zero-order valence-corrected chi connectivity index (χ0v) is 11.8. The molecule has 1 amide bonds. The number of aliphatic hydroxyl groups is 1. The minimum absolute atomic E-state index is 0.0683. The molecule has 110 valence electrons. The third-order valence-corrected chi connectivity index (χ3v) is 3.75. The van der Waals surface area contributed by atoms with Crippen LogP contribution < -0.4 is 10.5 Å². The van der Waals surface area contributed by atoms with Crippen LogP contribution in [0, 0.1) is 0 Å². The van der Waals surface area contributed by atoms with Crippen LogP contribution in [-0.4, -0.2) is 48.3 Å². The van der Waals surface area contributed by atoms with E-state index in [9.17, 15) is 9.90 Å². The predicted octanol–water partition coefficient (Wildman–Crippen LogP) is 0.548. The zero-order chi connectivity index (χ0) is 14.5. The maximum atomic E-state index is 12.1. The van der Waals surface area contributed by atoms with E-state index in [0.717, 1.165) is 11.3 Å². The molecule has 5 heteroatoms. The molecule has 1 aliphatic rings. The van der Waals surface area contributed by atoms with Gasteiger partial charge in [0.15, 0.2) is 0 Å². The smallest absolute Gasteiger partial charge is 0.222 e. The molecule has 1 fully saturated rings. The maximum absolute atomic E-state index is 12.1. The number of carbonyl (C=O) groups excluding carboxylic acids is 1. The fraction of sp³-hybridized carbons (Fsp3) is 0.533. The molecule has 0 aliphatic carbocycles. The van der Waals surface area contributed by atoms with Gasteiger partial charge >= 0.3 is 0 Å². The van der Waals surface area contributed by atoms with E-state index in [4.69, 9.17) is 10.5 Å². The molecule has 0 saturated carbocycles. The summed E-state index contributed by atoms with van der Waals surface area (Å²) in [6, 6.07) is 7.51. The van der Waals surface area contributed by atoms with Crippen molar-refractivity contribution < 1.29 is 14.6 Å². The fourth-order valence-corrected chi connectivity index (χ4v) is 2.41. The first kappa shape index (κ1) is 14.8. The Hall–Kier alpha value is -1.59. The molecule has 1 aromatic rings. The summed E-state index contributed by atoms with van der Waals surface area (Å²) in [6.07, 6.45) is 1.17. The Bertz CT molecular complexity index is 464. The third kappa shape index (κ3) is 3.71. The molecule has 20 heavy (non-hydrogen) atoms. The van der Waals surface area contributed by atoms with Crippen molar-refractivity contribution in [2.24, 2.45) is 5.73 Å². The van der Waals surface area contributed by atoms with Gasteiger partial charge in [0.05, 0.1) is 13.2 Å². The SMILES string of the molecule is COc1cccc(CCC(=O)N2CC[C@@H](N)[C@H](O)C2)c1. The van der Waals surface area contributed by atoms with Crippen molar-refractivity contribution in [3.05, 3.63) is 29.8 Å². The van der Waals surface area contributed by atoms with Gasteiger partial charge in [0.2, 0.25) is 5.91 Å². The van der Waals surface area contributed by atoms with Gasteiger partial charge < -0.3 is 20.5 Å². The normalized spacial score (nSPS) is 22.6. The minimum atomic E-state index is -0.607. The molecule has 0 aromatic heterocycles. The number of methoxy groups -OCH3 is 1. The van der Waals surface area contributed by atoms with Gasteiger partial charge in [0, 0.05) is 25.6 Å². The molecule has 2 atom stereocenters. The Kier molecular flexibility index (Phi) is 4.98. The summed E-state index contributed by atoms with van der Waals surface area (Å²) in [6.45, 7) is 0.979. The number of hydrogen-bond donors (Lipinski definition) is 2. The van der Waals surface area contributed by atoms with E-state index in [2.05, 4.69) is 0 Å². The molecule has 3 N–H and O–H groups in total. The Morgan fingerprint density at radius 1 is 1.55 bits per heavy atom. The number of aryl methyl sites for hydroxylation is 1. The minimum Gasteiger partial charge on any atom is -0.497 e. The average Bonchev–Trinajstić information content (AvgIpc) is 2.47. The van der Waals surface area contributed by atoms with Crippen LogP contribution in [0.5, 0.6) is 5.75 Å². The van der Waals surface area contributed by atoms with E-state index in [1.165, 1.54) is 0 Å². The highest BCUT2D eigenvalue weighted by atomic mass is 16.5. The lowest BCUT2D eigenvalue weighted by molar-refractivity contribution is -0.134. The Morgan fingerprint density at radius 3 is 3.05 bits per heavy atom. The van der Waals surface area contributed by atoms with Crippen molar-refractivity contribution in [2.75, 3.05) is 20.2 Å². The second-order valence-electron chi connectivity index (χ2n) is 5.21. The monoisotopic (exact) mass is 278 g/mol. The van der Waals surface area contributed by atoms with Crippen molar-refractivity contribution in [1.29, 1.82) is 0 Å². The largest absolute Gasteiger partial charge is 0.497 e. The number of likely N-dealkylation sites (tertiary alicyclic amines) is 1. The van der Waals surface area contributed by atoms with E-state index in [-0.39, 0.29) is 11.9 Å². The zero-order valence-electron chi connectivity index (χ0n) is 11.8. The van der Waals surface area contributed by atoms with Crippen LogP contribution in [0.15, 0.2) is 24.3 Å². The number of carbonyl (C=O) groups is 1. The van der Waals surface area contributed by atoms with Crippen molar-refractivity contribution in [3.8, 4) is 5.75 Å². The molecular formula is C15H22N2O3. The number of hydrogen-bond acceptors (Lipinski definition) is 4.